The van der Waals surface area contributed by atoms with Gasteiger partial charge in [-0.15, -0.1) is 4.99 Å². The first kappa shape index (κ1) is 20.3. The normalized spacial score (nSPS) is 14.1. The third-order valence-corrected chi connectivity index (χ3v) is 4.42. The van der Waals surface area contributed by atoms with Crippen molar-refractivity contribution in [2.24, 2.45) is 16.6 Å². The fourth-order valence-electron chi connectivity index (χ4n) is 2.76. The number of hydrogen-bond donors (Lipinski definition) is 2. The average Bonchev–Trinajstić information content (AvgIpc) is 2.71. The van der Waals surface area contributed by atoms with Gasteiger partial charge in [-0.1, -0.05) is 60.7 Å². The second kappa shape index (κ2) is 10.2. The quantitative estimate of drug-likeness (QED) is 0.594. The zero-order chi connectivity index (χ0) is 20.5. The Morgan fingerprint density at radius 3 is 2.07 bits per heavy atom. The van der Waals surface area contributed by atoms with E-state index >= 15 is 0 Å². The van der Waals surface area contributed by atoms with Gasteiger partial charge in [-0.05, 0) is 17.7 Å². The smallest absolute Gasteiger partial charge is 0.437 e. The number of ether oxygens (including phenoxy) is 2. The highest BCUT2D eigenvalue weighted by atomic mass is 16.6. The molecule has 0 spiro atoms. The van der Waals surface area contributed by atoms with Crippen molar-refractivity contribution in [3.8, 4) is 0 Å². The number of amides is 2. The molecular formula is C21H24N4O4. The molecule has 0 saturated carbocycles. The van der Waals surface area contributed by atoms with Gasteiger partial charge in [0.2, 0.25) is 5.96 Å². The SMILES string of the molecule is NCC1CN(C(=NC(=O)OCc2ccccc2)NC(=O)OCc2ccccc2)C1. The van der Waals surface area contributed by atoms with E-state index in [2.05, 4.69) is 10.3 Å². The Morgan fingerprint density at radius 1 is 0.966 bits per heavy atom. The van der Waals surface area contributed by atoms with E-state index in [-0.39, 0.29) is 19.2 Å². The molecule has 1 aliphatic rings. The summed E-state index contributed by atoms with van der Waals surface area (Å²) in [5, 5.41) is 2.54. The number of carbonyl (C=O) groups excluding carboxylic acids is 2. The van der Waals surface area contributed by atoms with E-state index in [0.29, 0.717) is 25.6 Å². The van der Waals surface area contributed by atoms with Crippen LogP contribution in [0.2, 0.25) is 0 Å². The van der Waals surface area contributed by atoms with Crippen LogP contribution in [-0.2, 0) is 22.7 Å². The average molecular weight is 396 g/mol. The van der Waals surface area contributed by atoms with Crippen molar-refractivity contribution < 1.29 is 19.1 Å². The molecule has 3 rings (SSSR count). The van der Waals surface area contributed by atoms with E-state index in [1.165, 1.54) is 0 Å². The van der Waals surface area contributed by atoms with E-state index in [4.69, 9.17) is 15.2 Å². The lowest BCUT2D eigenvalue weighted by molar-refractivity contribution is 0.137. The van der Waals surface area contributed by atoms with Crippen LogP contribution in [0.15, 0.2) is 65.7 Å². The number of rotatable bonds is 5. The van der Waals surface area contributed by atoms with Crippen LogP contribution in [0.4, 0.5) is 9.59 Å². The van der Waals surface area contributed by atoms with Gasteiger partial charge in [0, 0.05) is 19.0 Å². The number of nitrogens with two attached hydrogens (primary N) is 1. The summed E-state index contributed by atoms with van der Waals surface area (Å²) in [6.45, 7) is 1.94. The molecule has 1 heterocycles. The summed E-state index contributed by atoms with van der Waals surface area (Å²) >= 11 is 0. The molecule has 0 bridgehead atoms. The second-order valence-electron chi connectivity index (χ2n) is 6.67. The maximum absolute atomic E-state index is 12.2. The lowest BCUT2D eigenvalue weighted by atomic mass is 10.0. The second-order valence-corrected chi connectivity index (χ2v) is 6.67. The van der Waals surface area contributed by atoms with Crippen LogP contribution >= 0.6 is 0 Å². The molecular weight excluding hydrogens is 372 g/mol. The standard InChI is InChI=1S/C21H24N4O4/c22-11-18-12-25(13-18)19(23-20(26)28-14-16-7-3-1-4-8-16)24-21(27)29-15-17-9-5-2-6-10-17/h1-10,18H,11-15,22H2,(H,23,24,26,27). The number of guanidine groups is 1. The molecule has 2 aromatic carbocycles. The van der Waals surface area contributed by atoms with Crippen molar-refractivity contribution in [2.45, 2.75) is 13.2 Å². The first-order chi connectivity index (χ1) is 14.1. The summed E-state index contributed by atoms with van der Waals surface area (Å²) in [5.41, 5.74) is 7.36. The number of carbonyl (C=O) groups is 2. The van der Waals surface area contributed by atoms with Gasteiger partial charge in [0.05, 0.1) is 0 Å². The molecule has 152 valence electrons. The van der Waals surface area contributed by atoms with Crippen molar-refractivity contribution in [1.82, 2.24) is 10.2 Å². The summed E-state index contributed by atoms with van der Waals surface area (Å²) in [5.74, 6) is 0.397. The number of benzene rings is 2. The summed E-state index contributed by atoms with van der Waals surface area (Å²) in [4.78, 5) is 30.0. The first-order valence-corrected chi connectivity index (χ1v) is 9.36. The lowest BCUT2D eigenvalue weighted by Crippen LogP contribution is -2.57. The Morgan fingerprint density at radius 2 is 1.52 bits per heavy atom. The van der Waals surface area contributed by atoms with Gasteiger partial charge in [-0.2, -0.15) is 0 Å². The molecule has 8 nitrogen and oxygen atoms in total. The molecule has 8 heteroatoms. The zero-order valence-corrected chi connectivity index (χ0v) is 16.0. The number of hydrogen-bond acceptors (Lipinski definition) is 5. The van der Waals surface area contributed by atoms with Crippen LogP contribution in [0, 0.1) is 5.92 Å². The maximum atomic E-state index is 12.2. The van der Waals surface area contributed by atoms with Crippen LogP contribution in [0.1, 0.15) is 11.1 Å². The molecule has 1 aliphatic heterocycles. The van der Waals surface area contributed by atoms with E-state index in [0.717, 1.165) is 11.1 Å². The van der Waals surface area contributed by atoms with Crippen LogP contribution < -0.4 is 11.1 Å². The predicted molar refractivity (Wildman–Crippen MR) is 108 cm³/mol. The van der Waals surface area contributed by atoms with E-state index in [1.54, 1.807) is 4.90 Å². The number of alkyl carbamates (subject to hydrolysis) is 1. The van der Waals surface area contributed by atoms with Crippen LogP contribution in [-0.4, -0.2) is 42.7 Å². The first-order valence-electron chi connectivity index (χ1n) is 9.36. The molecule has 29 heavy (non-hydrogen) atoms. The summed E-state index contributed by atoms with van der Waals surface area (Å²) in [6.07, 6.45) is -1.48. The largest absolute Gasteiger partial charge is 0.444 e. The van der Waals surface area contributed by atoms with Gasteiger partial charge in [0.25, 0.3) is 0 Å². The van der Waals surface area contributed by atoms with E-state index in [9.17, 15) is 9.59 Å². The van der Waals surface area contributed by atoms with Gasteiger partial charge >= 0.3 is 12.2 Å². The molecule has 1 fully saturated rings. The van der Waals surface area contributed by atoms with Gasteiger partial charge in [-0.3, -0.25) is 5.32 Å². The minimum absolute atomic E-state index is 0.0976. The van der Waals surface area contributed by atoms with Crippen molar-refractivity contribution in [3.63, 3.8) is 0 Å². The predicted octanol–water partition coefficient (Wildman–Crippen LogP) is 2.50. The minimum Gasteiger partial charge on any atom is -0.444 e. The van der Waals surface area contributed by atoms with E-state index < -0.39 is 12.2 Å². The summed E-state index contributed by atoms with van der Waals surface area (Å²) in [7, 11) is 0. The van der Waals surface area contributed by atoms with Crippen molar-refractivity contribution in [3.05, 3.63) is 71.8 Å². The molecule has 0 radical (unpaired) electrons. The van der Waals surface area contributed by atoms with Crippen molar-refractivity contribution in [2.75, 3.05) is 19.6 Å². The Bertz CT molecular complexity index is 836. The van der Waals surface area contributed by atoms with Gasteiger partial charge < -0.3 is 20.1 Å². The molecule has 1 saturated heterocycles. The molecule has 0 aliphatic carbocycles. The van der Waals surface area contributed by atoms with Gasteiger partial charge in [0.15, 0.2) is 0 Å². The molecule has 0 atom stereocenters. The number of likely N-dealkylation sites (tertiary alicyclic amines) is 1. The van der Waals surface area contributed by atoms with Crippen molar-refractivity contribution in [1.29, 1.82) is 0 Å². The molecule has 0 aromatic heterocycles. The zero-order valence-electron chi connectivity index (χ0n) is 16.0. The molecule has 3 N–H and O–H groups in total. The Balaban J connectivity index is 1.57. The molecule has 2 amide bonds. The molecule has 2 aromatic rings. The fourth-order valence-corrected chi connectivity index (χ4v) is 2.76. The highest BCUT2D eigenvalue weighted by Crippen LogP contribution is 2.14. The summed E-state index contributed by atoms with van der Waals surface area (Å²) < 4.78 is 10.4. The monoisotopic (exact) mass is 396 g/mol. The Kier molecular flexibility index (Phi) is 7.18. The minimum atomic E-state index is -0.789. The topological polar surface area (TPSA) is 106 Å². The van der Waals surface area contributed by atoms with Gasteiger partial charge in [0.1, 0.15) is 13.2 Å². The van der Waals surface area contributed by atoms with Crippen molar-refractivity contribution >= 4 is 18.1 Å². The lowest BCUT2D eigenvalue weighted by Gasteiger charge is -2.40. The van der Waals surface area contributed by atoms with Crippen LogP contribution in [0.25, 0.3) is 0 Å². The molecule has 0 unspecified atom stereocenters. The number of aliphatic imine (C=N–C) groups is 1. The third kappa shape index (κ3) is 6.32. The van der Waals surface area contributed by atoms with Crippen LogP contribution in [0.3, 0.4) is 0 Å². The summed E-state index contributed by atoms with van der Waals surface area (Å²) in [6, 6.07) is 18.6. The van der Waals surface area contributed by atoms with Gasteiger partial charge in [-0.25, -0.2) is 9.59 Å². The number of nitrogens with zero attached hydrogens (tertiary/aromatic N) is 2. The van der Waals surface area contributed by atoms with E-state index in [1.807, 2.05) is 60.7 Å². The number of nitrogens with one attached hydrogen (secondary N) is 1. The highest BCUT2D eigenvalue weighted by Gasteiger charge is 2.30. The van der Waals surface area contributed by atoms with Crippen LogP contribution in [0.5, 0.6) is 0 Å². The highest BCUT2D eigenvalue weighted by molar-refractivity contribution is 5.99. The maximum Gasteiger partial charge on any atom is 0.437 e. The Labute approximate surface area is 169 Å². The fraction of sp³-hybridized carbons (Fsp3) is 0.286. The Hall–Kier alpha value is -3.39. The third-order valence-electron chi connectivity index (χ3n) is 4.42.